The van der Waals surface area contributed by atoms with Crippen molar-refractivity contribution >= 4 is 0 Å². The van der Waals surface area contributed by atoms with Crippen molar-refractivity contribution in [2.75, 3.05) is 13.2 Å². The summed E-state index contributed by atoms with van der Waals surface area (Å²) >= 11 is 0. The Hall–Kier alpha value is 0.984. The Bertz CT molecular complexity index is 82.9. The van der Waals surface area contributed by atoms with Crippen LogP contribution in [0.3, 0.4) is 0 Å². The molecule has 0 bridgehead atoms. The molecule has 1 radical (unpaired) electrons. The molecule has 1 aliphatic heterocycles. The third kappa shape index (κ3) is 13.0. The molecule has 1 aliphatic rings. The number of hydrogen-bond donors (Lipinski definition) is 2. The largest absolute Gasteiger partial charge is 0.396 e. The first kappa shape index (κ1) is 16.4. The normalized spacial score (nSPS) is 21.0. The first-order chi connectivity index (χ1) is 5.81. The molecule has 0 saturated carbocycles. The molecule has 1 heterocycles. The molecule has 0 aromatic rings. The van der Waals surface area contributed by atoms with Gasteiger partial charge in [-0.05, 0) is 25.7 Å². The topological polar surface area (TPSA) is 49.7 Å². The Kier molecular flexibility index (Phi) is 16.4. The van der Waals surface area contributed by atoms with Crippen LogP contribution in [0.4, 0.5) is 0 Å². The van der Waals surface area contributed by atoms with Gasteiger partial charge in [-0.1, -0.05) is 13.3 Å². The Morgan fingerprint density at radius 3 is 2.23 bits per heavy atom. The van der Waals surface area contributed by atoms with Gasteiger partial charge in [0, 0.05) is 45.9 Å². The van der Waals surface area contributed by atoms with Gasteiger partial charge in [0.1, 0.15) is 0 Å². The van der Waals surface area contributed by atoms with Crippen molar-refractivity contribution in [3.63, 3.8) is 0 Å². The number of aliphatic hydroxyl groups excluding tert-OH is 2. The molecule has 13 heavy (non-hydrogen) atoms. The third-order valence-corrected chi connectivity index (χ3v) is 1.67. The van der Waals surface area contributed by atoms with Gasteiger partial charge in [-0.15, -0.1) is 0 Å². The predicted molar refractivity (Wildman–Crippen MR) is 47.8 cm³/mol. The number of unbranched alkanes of at least 4 members (excludes halogenated alkanes) is 1. The van der Waals surface area contributed by atoms with E-state index in [1.54, 1.807) is 0 Å². The van der Waals surface area contributed by atoms with Gasteiger partial charge in [0.2, 0.25) is 0 Å². The minimum Gasteiger partial charge on any atom is -0.396 e. The molecule has 1 fully saturated rings. The average molecular weight is 265 g/mol. The molecule has 3 nitrogen and oxygen atoms in total. The van der Waals surface area contributed by atoms with E-state index in [-0.39, 0.29) is 32.7 Å². The smallest absolute Gasteiger partial charge is 0.154 e. The van der Waals surface area contributed by atoms with Crippen LogP contribution in [-0.4, -0.2) is 29.7 Å². The van der Waals surface area contributed by atoms with Crippen molar-refractivity contribution in [1.82, 2.24) is 0 Å². The van der Waals surface area contributed by atoms with E-state index in [0.717, 1.165) is 38.7 Å². The predicted octanol–water partition coefficient (Wildman–Crippen LogP) is 1.28. The maximum absolute atomic E-state index is 8.69. The summed E-state index contributed by atoms with van der Waals surface area (Å²) < 4.78 is 4.83. The fourth-order valence-electron chi connectivity index (χ4n) is 0.882. The maximum atomic E-state index is 8.69. The Morgan fingerprint density at radius 1 is 1.38 bits per heavy atom. The molecule has 0 aromatic heterocycles. The van der Waals surface area contributed by atoms with Crippen LogP contribution in [0.15, 0.2) is 0 Å². The average Bonchev–Trinajstić information content (AvgIpc) is 2.08. The Labute approximate surface area is 106 Å². The molecule has 1 rings (SSSR count). The van der Waals surface area contributed by atoms with Crippen LogP contribution in [0, 0.1) is 0 Å². The van der Waals surface area contributed by atoms with Crippen molar-refractivity contribution in [2.45, 2.75) is 45.3 Å². The summed E-state index contributed by atoms with van der Waals surface area (Å²) in [6.45, 7) is 3.13. The standard InChI is InChI=1S/C5H10O2.C4H10O.Y/c6-5-3-1-2-4-7-5;1-2-3-4-5;/h5-6H,1-4H2;5H,2-4H2,1H3;. The number of hydrogen-bond acceptors (Lipinski definition) is 3. The Balaban J connectivity index is 0. The van der Waals surface area contributed by atoms with Crippen molar-refractivity contribution in [2.24, 2.45) is 0 Å². The van der Waals surface area contributed by atoms with Crippen LogP contribution >= 0.6 is 0 Å². The summed E-state index contributed by atoms with van der Waals surface area (Å²) in [5.74, 6) is 0. The maximum Gasteiger partial charge on any atom is 0.154 e. The van der Waals surface area contributed by atoms with Crippen LogP contribution in [0.1, 0.15) is 39.0 Å². The molecule has 1 atom stereocenters. The molecule has 0 spiro atoms. The van der Waals surface area contributed by atoms with E-state index in [1.807, 2.05) is 0 Å². The van der Waals surface area contributed by atoms with E-state index < -0.39 is 6.29 Å². The van der Waals surface area contributed by atoms with Crippen LogP contribution in [0.5, 0.6) is 0 Å². The van der Waals surface area contributed by atoms with Crippen LogP contribution in [0.25, 0.3) is 0 Å². The molecule has 0 aromatic carbocycles. The number of aliphatic hydroxyl groups is 2. The van der Waals surface area contributed by atoms with E-state index in [4.69, 9.17) is 14.9 Å². The third-order valence-electron chi connectivity index (χ3n) is 1.67. The number of ether oxygens (including phenoxy) is 1. The minimum absolute atomic E-state index is 0. The summed E-state index contributed by atoms with van der Waals surface area (Å²) in [5, 5.41) is 16.8. The van der Waals surface area contributed by atoms with Crippen molar-refractivity contribution < 1.29 is 47.7 Å². The first-order valence-corrected chi connectivity index (χ1v) is 4.71. The summed E-state index contributed by atoms with van der Waals surface area (Å²) in [6, 6.07) is 0. The van der Waals surface area contributed by atoms with E-state index in [2.05, 4.69) is 6.92 Å². The minimum atomic E-state index is -0.464. The van der Waals surface area contributed by atoms with Gasteiger partial charge in [-0.3, -0.25) is 0 Å². The van der Waals surface area contributed by atoms with Crippen molar-refractivity contribution in [3.05, 3.63) is 0 Å². The van der Waals surface area contributed by atoms with Crippen LogP contribution in [0.2, 0.25) is 0 Å². The van der Waals surface area contributed by atoms with Crippen LogP contribution in [-0.2, 0) is 37.4 Å². The molecule has 0 aliphatic carbocycles. The van der Waals surface area contributed by atoms with Gasteiger partial charge >= 0.3 is 0 Å². The van der Waals surface area contributed by atoms with E-state index >= 15 is 0 Å². The molecule has 1 saturated heterocycles. The number of rotatable bonds is 2. The van der Waals surface area contributed by atoms with Gasteiger partial charge in [0.15, 0.2) is 6.29 Å². The molecular formula is C9H20O3Y. The summed E-state index contributed by atoms with van der Waals surface area (Å²) in [6.07, 6.45) is 4.61. The van der Waals surface area contributed by atoms with Crippen LogP contribution < -0.4 is 0 Å². The molecule has 0 amide bonds. The summed E-state index contributed by atoms with van der Waals surface area (Å²) in [4.78, 5) is 0. The quantitative estimate of drug-likeness (QED) is 0.790. The van der Waals surface area contributed by atoms with Crippen molar-refractivity contribution in [3.8, 4) is 0 Å². The van der Waals surface area contributed by atoms with Gasteiger partial charge in [-0.25, -0.2) is 0 Å². The molecule has 4 heteroatoms. The van der Waals surface area contributed by atoms with Gasteiger partial charge < -0.3 is 14.9 Å². The van der Waals surface area contributed by atoms with Crippen molar-refractivity contribution in [1.29, 1.82) is 0 Å². The zero-order valence-corrected chi connectivity index (χ0v) is 11.2. The molecule has 77 valence electrons. The zero-order valence-electron chi connectivity index (χ0n) is 8.41. The first-order valence-electron chi connectivity index (χ1n) is 4.71. The Morgan fingerprint density at radius 2 is 2.08 bits per heavy atom. The van der Waals surface area contributed by atoms with Gasteiger partial charge in [0.05, 0.1) is 0 Å². The van der Waals surface area contributed by atoms with Gasteiger partial charge in [-0.2, -0.15) is 0 Å². The second kappa shape index (κ2) is 13.0. The van der Waals surface area contributed by atoms with E-state index in [1.165, 1.54) is 0 Å². The summed E-state index contributed by atoms with van der Waals surface area (Å²) in [7, 11) is 0. The fraction of sp³-hybridized carbons (Fsp3) is 1.00. The molecule has 1 unspecified atom stereocenters. The zero-order chi connectivity index (χ0) is 9.23. The second-order valence-corrected chi connectivity index (χ2v) is 2.90. The molecule has 2 N–H and O–H groups in total. The SMILES string of the molecule is CCCCO.OC1CCCCO1.[Y]. The van der Waals surface area contributed by atoms with E-state index in [0.29, 0.717) is 6.61 Å². The fourth-order valence-corrected chi connectivity index (χ4v) is 0.882. The second-order valence-electron chi connectivity index (χ2n) is 2.90. The van der Waals surface area contributed by atoms with E-state index in [9.17, 15) is 0 Å². The monoisotopic (exact) mass is 265 g/mol. The molecular weight excluding hydrogens is 245 g/mol. The van der Waals surface area contributed by atoms with Gasteiger partial charge in [0.25, 0.3) is 0 Å². The summed E-state index contributed by atoms with van der Waals surface area (Å²) in [5.41, 5.74) is 0.